The van der Waals surface area contributed by atoms with Crippen LogP contribution in [0.2, 0.25) is 0 Å². The Morgan fingerprint density at radius 1 is 0.771 bits per heavy atom. The zero-order chi connectivity index (χ0) is 36.4. The summed E-state index contributed by atoms with van der Waals surface area (Å²) in [6.07, 6.45) is 5.13. The largest absolute Gasteiger partial charge is 0.481 e. The van der Waals surface area contributed by atoms with Crippen molar-refractivity contribution in [3.63, 3.8) is 0 Å². The van der Waals surface area contributed by atoms with Crippen LogP contribution in [0.3, 0.4) is 0 Å². The number of carbonyl (C=O) groups excluding carboxylic acids is 5. The van der Waals surface area contributed by atoms with E-state index in [0.29, 0.717) is 25.9 Å². The van der Waals surface area contributed by atoms with Crippen molar-refractivity contribution < 1.29 is 43.8 Å². The van der Waals surface area contributed by atoms with Crippen LogP contribution in [0.4, 0.5) is 0 Å². The lowest BCUT2D eigenvalue weighted by atomic mass is 9.77. The van der Waals surface area contributed by atoms with Crippen LogP contribution in [0, 0.1) is 22.7 Å². The van der Waals surface area contributed by atoms with E-state index in [1.54, 1.807) is 51.7 Å². The Morgan fingerprint density at radius 3 is 1.77 bits per heavy atom. The molecule has 1 fully saturated rings. The molecule has 2 aliphatic rings. The molecular weight excluding hydrogens is 622 g/mol. The minimum atomic E-state index is -1.84. The van der Waals surface area contributed by atoms with Gasteiger partial charge in [-0.05, 0) is 56.3 Å². The Hall–Kier alpha value is -3.97. The minimum absolute atomic E-state index is 0.0555. The molecule has 4 atom stereocenters. The number of rotatable bonds is 17. The summed E-state index contributed by atoms with van der Waals surface area (Å²) in [6, 6.07) is -5.74. The molecule has 0 aromatic rings. The Labute approximate surface area is 283 Å². The van der Waals surface area contributed by atoms with Crippen molar-refractivity contribution in [1.29, 1.82) is 0 Å². The third-order valence-electron chi connectivity index (χ3n) is 9.22. The highest BCUT2D eigenvalue weighted by molar-refractivity contribution is 5.99. The summed E-state index contributed by atoms with van der Waals surface area (Å²) < 4.78 is 0. The highest BCUT2D eigenvalue weighted by atomic mass is 16.4. The van der Waals surface area contributed by atoms with Crippen LogP contribution in [0.1, 0.15) is 99.8 Å². The average Bonchev–Trinajstić information content (AvgIpc) is 3.71. The number of allylic oxidation sites excluding steroid dienone is 2. The number of carboxylic acid groups (broad SMARTS) is 2. The maximum atomic E-state index is 14.1. The number of carbonyl (C=O) groups is 7. The number of nitrogens with one attached hydrogen (secondary N) is 4. The normalized spacial score (nSPS) is 18.1. The van der Waals surface area contributed by atoms with Crippen molar-refractivity contribution in [2.75, 3.05) is 13.1 Å². The Bertz CT molecular complexity index is 1220. The van der Waals surface area contributed by atoms with Crippen molar-refractivity contribution in [3.05, 3.63) is 12.2 Å². The summed E-state index contributed by atoms with van der Waals surface area (Å²) in [4.78, 5) is 94.2. The fourth-order valence-electron chi connectivity index (χ4n) is 6.18. The zero-order valence-electron chi connectivity index (χ0n) is 29.4. The molecule has 0 saturated carbocycles. The van der Waals surface area contributed by atoms with Crippen LogP contribution in [0.25, 0.3) is 0 Å². The van der Waals surface area contributed by atoms with E-state index < -0.39 is 77.0 Å². The van der Waals surface area contributed by atoms with E-state index in [4.69, 9.17) is 0 Å². The molecule has 0 unspecified atom stereocenters. The second-order valence-corrected chi connectivity index (χ2v) is 14.5. The summed E-state index contributed by atoms with van der Waals surface area (Å²) in [6.45, 7) is 13.4. The second-order valence-electron chi connectivity index (χ2n) is 14.5. The van der Waals surface area contributed by atoms with E-state index >= 15 is 0 Å². The number of aliphatic carboxylic acids is 2. The summed E-state index contributed by atoms with van der Waals surface area (Å²) in [5.74, 6) is -6.63. The molecule has 5 amide bonds. The van der Waals surface area contributed by atoms with Gasteiger partial charge >= 0.3 is 11.9 Å². The van der Waals surface area contributed by atoms with Crippen LogP contribution >= 0.6 is 0 Å². The van der Waals surface area contributed by atoms with Crippen molar-refractivity contribution in [2.24, 2.45) is 22.7 Å². The molecule has 48 heavy (non-hydrogen) atoms. The first kappa shape index (κ1) is 40.2. The van der Waals surface area contributed by atoms with Gasteiger partial charge < -0.3 is 36.4 Å². The van der Waals surface area contributed by atoms with Crippen LogP contribution in [0.15, 0.2) is 12.2 Å². The van der Waals surface area contributed by atoms with E-state index in [2.05, 4.69) is 21.3 Å². The topological polar surface area (TPSA) is 211 Å². The predicted octanol–water partition coefficient (Wildman–Crippen LogP) is 1.97. The van der Waals surface area contributed by atoms with Gasteiger partial charge in [0.05, 0.1) is 6.42 Å². The standard InChI is InChI=1S/C34H55N5O9/c1-8-21(9-2)27(41)37-25(33(5,6)7)29(43)35-22(19-24(40)39-16-12-13-17-39)28(42)38-26(34(32(47)48)14-10-11-15-34)30(44)36-23(31(45)46)18-20(3)4/h10-11,20-23,25-26H,8-9,12-19H2,1-7H3,(H,35,43)(H,36,44)(H,37,41)(H,38,42)(H,45,46)(H,47,48)/t22-,23-,25+,26+/m0/s1. The second kappa shape index (κ2) is 17.4. The fraction of sp³-hybridized carbons (Fsp3) is 0.735. The molecule has 14 nitrogen and oxygen atoms in total. The van der Waals surface area contributed by atoms with E-state index in [9.17, 15) is 43.8 Å². The number of nitrogens with zero attached hydrogens (tertiary/aromatic N) is 1. The third kappa shape index (κ3) is 10.5. The number of likely N-dealkylation sites (tertiary alicyclic amines) is 1. The van der Waals surface area contributed by atoms with Gasteiger partial charge in [0.1, 0.15) is 29.6 Å². The maximum Gasteiger partial charge on any atom is 0.326 e. The molecule has 2 rings (SSSR count). The third-order valence-corrected chi connectivity index (χ3v) is 9.22. The van der Waals surface area contributed by atoms with Gasteiger partial charge in [-0.1, -0.05) is 60.6 Å². The highest BCUT2D eigenvalue weighted by Crippen LogP contribution is 2.38. The van der Waals surface area contributed by atoms with Crippen LogP contribution in [0.5, 0.6) is 0 Å². The van der Waals surface area contributed by atoms with Crippen molar-refractivity contribution >= 4 is 41.5 Å². The lowest BCUT2D eigenvalue weighted by molar-refractivity contribution is -0.155. The van der Waals surface area contributed by atoms with E-state index in [-0.39, 0.29) is 37.0 Å². The van der Waals surface area contributed by atoms with Gasteiger partial charge in [0.25, 0.3) is 0 Å². The Balaban J connectivity index is 2.50. The molecule has 0 spiro atoms. The van der Waals surface area contributed by atoms with Crippen molar-refractivity contribution in [2.45, 2.75) is 124 Å². The Kier molecular flexibility index (Phi) is 14.6. The molecule has 1 saturated heterocycles. The zero-order valence-corrected chi connectivity index (χ0v) is 29.4. The van der Waals surface area contributed by atoms with Gasteiger partial charge in [-0.2, -0.15) is 0 Å². The van der Waals surface area contributed by atoms with E-state index in [0.717, 1.165) is 12.8 Å². The van der Waals surface area contributed by atoms with Gasteiger partial charge in [-0.25, -0.2) is 4.79 Å². The number of hydrogen-bond acceptors (Lipinski definition) is 7. The molecule has 0 bridgehead atoms. The SMILES string of the molecule is CCC(CC)C(=O)N[C@H](C(=O)N[C@@H](CC(=O)N1CCCC1)C(=O)N[C@H](C(=O)N[C@@H](CC(C)C)C(=O)O)C1(C(=O)O)CC=CC1)C(C)(C)C. The molecule has 270 valence electrons. The quantitative estimate of drug-likeness (QED) is 0.124. The molecule has 14 heteroatoms. The predicted molar refractivity (Wildman–Crippen MR) is 177 cm³/mol. The van der Waals surface area contributed by atoms with Gasteiger partial charge in [0.2, 0.25) is 29.5 Å². The monoisotopic (exact) mass is 677 g/mol. The summed E-state index contributed by atoms with van der Waals surface area (Å²) in [5, 5.41) is 30.4. The molecule has 0 aromatic heterocycles. The first-order chi connectivity index (χ1) is 22.4. The summed E-state index contributed by atoms with van der Waals surface area (Å²) in [7, 11) is 0. The highest BCUT2D eigenvalue weighted by Gasteiger charge is 2.52. The van der Waals surface area contributed by atoms with Gasteiger partial charge in [0.15, 0.2) is 0 Å². The van der Waals surface area contributed by atoms with Crippen LogP contribution < -0.4 is 21.3 Å². The lowest BCUT2D eigenvalue weighted by Crippen LogP contribution is -2.64. The van der Waals surface area contributed by atoms with Crippen LogP contribution in [-0.4, -0.2) is 93.8 Å². The van der Waals surface area contributed by atoms with Crippen LogP contribution in [-0.2, 0) is 33.6 Å². The van der Waals surface area contributed by atoms with Gasteiger partial charge in [-0.3, -0.25) is 28.8 Å². The van der Waals surface area contributed by atoms with E-state index in [1.807, 2.05) is 13.8 Å². The summed E-state index contributed by atoms with van der Waals surface area (Å²) >= 11 is 0. The maximum absolute atomic E-state index is 14.1. The fourth-order valence-corrected chi connectivity index (χ4v) is 6.18. The molecule has 0 aromatic carbocycles. The molecule has 0 radical (unpaired) electrons. The molecule has 6 N–H and O–H groups in total. The first-order valence-corrected chi connectivity index (χ1v) is 17.0. The van der Waals surface area contributed by atoms with Gasteiger partial charge in [0, 0.05) is 19.0 Å². The molecule has 1 heterocycles. The van der Waals surface area contributed by atoms with Crippen molar-refractivity contribution in [1.82, 2.24) is 26.2 Å². The molecular formula is C34H55N5O9. The van der Waals surface area contributed by atoms with Crippen molar-refractivity contribution in [3.8, 4) is 0 Å². The Morgan fingerprint density at radius 2 is 1.31 bits per heavy atom. The van der Waals surface area contributed by atoms with Gasteiger partial charge in [-0.15, -0.1) is 0 Å². The molecule has 1 aliphatic heterocycles. The first-order valence-electron chi connectivity index (χ1n) is 17.0. The summed E-state index contributed by atoms with van der Waals surface area (Å²) in [5.41, 5.74) is -2.65. The smallest absolute Gasteiger partial charge is 0.326 e. The minimum Gasteiger partial charge on any atom is -0.481 e. The lowest BCUT2D eigenvalue weighted by Gasteiger charge is -2.36. The number of hydrogen-bond donors (Lipinski definition) is 6. The number of carboxylic acids is 2. The average molecular weight is 678 g/mol. The van der Waals surface area contributed by atoms with E-state index in [1.165, 1.54) is 0 Å². The molecule has 1 aliphatic carbocycles. The number of amides is 5.